The third kappa shape index (κ3) is 1.87. The van der Waals surface area contributed by atoms with Crippen LogP contribution in [0.2, 0.25) is 5.02 Å². The van der Waals surface area contributed by atoms with Crippen molar-refractivity contribution in [2.24, 2.45) is 0 Å². The van der Waals surface area contributed by atoms with Crippen LogP contribution in [0.3, 0.4) is 0 Å². The lowest BCUT2D eigenvalue weighted by atomic mass is 10.1. The standard InChI is InChI=1S/C12H14ClNO2/c1-14-5-3-4-11(15)8-6-12(16-2)9(13)7-10(8)14/h6-7H,3-5H2,1-2H3. The molecule has 3 nitrogen and oxygen atoms in total. The number of halogens is 1. The molecule has 2 rings (SSSR count). The van der Waals surface area contributed by atoms with Gasteiger partial charge in [0.25, 0.3) is 0 Å². The van der Waals surface area contributed by atoms with Gasteiger partial charge in [-0.1, -0.05) is 11.6 Å². The monoisotopic (exact) mass is 239 g/mol. The molecule has 0 saturated heterocycles. The summed E-state index contributed by atoms with van der Waals surface area (Å²) in [6.45, 7) is 0.876. The minimum Gasteiger partial charge on any atom is -0.495 e. The molecular weight excluding hydrogens is 226 g/mol. The van der Waals surface area contributed by atoms with Crippen LogP contribution < -0.4 is 9.64 Å². The van der Waals surface area contributed by atoms with Gasteiger partial charge in [0.1, 0.15) is 5.75 Å². The predicted molar refractivity (Wildman–Crippen MR) is 64.8 cm³/mol. The number of carbonyl (C=O) groups excluding carboxylic acids is 1. The zero-order valence-corrected chi connectivity index (χ0v) is 10.2. The van der Waals surface area contributed by atoms with Gasteiger partial charge in [-0.15, -0.1) is 0 Å². The number of ketones is 1. The van der Waals surface area contributed by atoms with Crippen LogP contribution in [0.4, 0.5) is 5.69 Å². The Bertz CT molecular complexity index is 431. The summed E-state index contributed by atoms with van der Waals surface area (Å²) in [4.78, 5) is 14.0. The van der Waals surface area contributed by atoms with Crippen molar-refractivity contribution in [2.45, 2.75) is 12.8 Å². The maximum atomic E-state index is 11.9. The third-order valence-corrected chi connectivity index (χ3v) is 3.17. The second kappa shape index (κ2) is 4.34. The molecule has 0 aliphatic carbocycles. The van der Waals surface area contributed by atoms with Gasteiger partial charge >= 0.3 is 0 Å². The van der Waals surface area contributed by atoms with Crippen molar-refractivity contribution < 1.29 is 9.53 Å². The molecule has 0 N–H and O–H groups in total. The van der Waals surface area contributed by atoms with Gasteiger partial charge in [0, 0.05) is 31.3 Å². The highest BCUT2D eigenvalue weighted by Gasteiger charge is 2.20. The average Bonchev–Trinajstić information content (AvgIpc) is 2.39. The van der Waals surface area contributed by atoms with Gasteiger partial charge in [0.15, 0.2) is 5.78 Å². The van der Waals surface area contributed by atoms with E-state index in [1.54, 1.807) is 19.2 Å². The van der Waals surface area contributed by atoms with Crippen LogP contribution in [-0.2, 0) is 0 Å². The van der Waals surface area contributed by atoms with E-state index in [1.807, 2.05) is 7.05 Å². The first-order chi connectivity index (χ1) is 7.63. The van der Waals surface area contributed by atoms with Gasteiger partial charge in [0.05, 0.1) is 12.1 Å². The Labute approximate surface area is 100.0 Å². The Morgan fingerprint density at radius 1 is 1.44 bits per heavy atom. The number of Topliss-reactive ketones (excluding diaryl/α,β-unsaturated/α-hetero) is 1. The highest BCUT2D eigenvalue weighted by atomic mass is 35.5. The minimum atomic E-state index is 0.161. The lowest BCUT2D eigenvalue weighted by molar-refractivity contribution is 0.0983. The number of fused-ring (bicyclic) bond motifs is 1. The predicted octanol–water partition coefficient (Wildman–Crippen LogP) is 2.76. The van der Waals surface area contributed by atoms with Crippen LogP contribution in [0.1, 0.15) is 23.2 Å². The number of hydrogen-bond acceptors (Lipinski definition) is 3. The molecule has 1 aromatic rings. The van der Waals surface area contributed by atoms with Gasteiger partial charge in [0.2, 0.25) is 0 Å². The molecule has 0 atom stereocenters. The van der Waals surface area contributed by atoms with Crippen LogP contribution in [0, 0.1) is 0 Å². The first kappa shape index (κ1) is 11.3. The number of ether oxygens (including phenoxy) is 1. The minimum absolute atomic E-state index is 0.161. The van der Waals surface area contributed by atoms with Crippen molar-refractivity contribution in [3.8, 4) is 5.75 Å². The maximum absolute atomic E-state index is 11.9. The van der Waals surface area contributed by atoms with Gasteiger partial charge in [-0.05, 0) is 18.6 Å². The summed E-state index contributed by atoms with van der Waals surface area (Å²) in [5, 5.41) is 0.544. The van der Waals surface area contributed by atoms with E-state index >= 15 is 0 Å². The number of hydrogen-bond donors (Lipinski definition) is 0. The van der Waals surface area contributed by atoms with Gasteiger partial charge in [-0.3, -0.25) is 4.79 Å². The Hall–Kier alpha value is -1.22. The lowest BCUT2D eigenvalue weighted by Gasteiger charge is -2.19. The number of nitrogens with zero attached hydrogens (tertiary/aromatic N) is 1. The molecule has 1 aliphatic heterocycles. The molecule has 0 saturated carbocycles. The number of methoxy groups -OCH3 is 1. The maximum Gasteiger partial charge on any atom is 0.165 e. The lowest BCUT2D eigenvalue weighted by Crippen LogP contribution is -2.17. The molecule has 0 amide bonds. The molecule has 0 fully saturated rings. The van der Waals surface area contributed by atoms with Crippen LogP contribution >= 0.6 is 11.6 Å². The largest absolute Gasteiger partial charge is 0.495 e. The molecule has 0 aromatic heterocycles. The zero-order chi connectivity index (χ0) is 11.7. The summed E-state index contributed by atoms with van der Waals surface area (Å²) in [7, 11) is 3.53. The van der Waals surface area contributed by atoms with Crippen molar-refractivity contribution in [1.82, 2.24) is 0 Å². The van der Waals surface area contributed by atoms with Crippen LogP contribution in [-0.4, -0.2) is 26.5 Å². The number of benzene rings is 1. The van der Waals surface area contributed by atoms with Crippen molar-refractivity contribution in [3.05, 3.63) is 22.7 Å². The third-order valence-electron chi connectivity index (χ3n) is 2.88. The molecule has 1 aliphatic rings. The highest BCUT2D eigenvalue weighted by Crippen LogP contribution is 2.34. The second-order valence-corrected chi connectivity index (χ2v) is 4.36. The quantitative estimate of drug-likeness (QED) is 0.755. The van der Waals surface area contributed by atoms with E-state index < -0.39 is 0 Å². The number of carbonyl (C=O) groups is 1. The fourth-order valence-electron chi connectivity index (χ4n) is 1.97. The molecule has 0 bridgehead atoms. The smallest absolute Gasteiger partial charge is 0.165 e. The van der Waals surface area contributed by atoms with E-state index in [2.05, 4.69) is 4.90 Å². The van der Waals surface area contributed by atoms with E-state index in [-0.39, 0.29) is 5.78 Å². The average molecular weight is 240 g/mol. The fraction of sp³-hybridized carbons (Fsp3) is 0.417. The summed E-state index contributed by atoms with van der Waals surface area (Å²) in [5.41, 5.74) is 1.61. The van der Waals surface area contributed by atoms with Gasteiger partial charge in [-0.25, -0.2) is 0 Å². The Morgan fingerprint density at radius 2 is 2.19 bits per heavy atom. The van der Waals surface area contributed by atoms with E-state index in [4.69, 9.17) is 16.3 Å². The van der Waals surface area contributed by atoms with E-state index in [0.29, 0.717) is 22.8 Å². The van der Waals surface area contributed by atoms with Gasteiger partial charge in [-0.2, -0.15) is 0 Å². The summed E-state index contributed by atoms with van der Waals surface area (Å²) in [6.07, 6.45) is 1.46. The molecule has 0 unspecified atom stereocenters. The van der Waals surface area contributed by atoms with Crippen LogP contribution in [0.5, 0.6) is 5.75 Å². The van der Waals surface area contributed by atoms with Crippen LogP contribution in [0.15, 0.2) is 12.1 Å². The van der Waals surface area contributed by atoms with Crippen molar-refractivity contribution >= 4 is 23.1 Å². The van der Waals surface area contributed by atoms with Gasteiger partial charge < -0.3 is 9.64 Å². The summed E-state index contributed by atoms with van der Waals surface area (Å²) in [6, 6.07) is 3.54. The normalized spacial score (nSPS) is 15.7. The molecule has 0 radical (unpaired) electrons. The van der Waals surface area contributed by atoms with E-state index in [1.165, 1.54) is 0 Å². The van der Waals surface area contributed by atoms with E-state index in [9.17, 15) is 4.79 Å². The molecule has 1 heterocycles. The molecule has 1 aromatic carbocycles. The SMILES string of the molecule is COc1cc2c(cc1Cl)N(C)CCCC2=O. The molecule has 4 heteroatoms. The zero-order valence-electron chi connectivity index (χ0n) is 9.42. The fourth-order valence-corrected chi connectivity index (χ4v) is 2.21. The molecule has 0 spiro atoms. The Morgan fingerprint density at radius 3 is 2.88 bits per heavy atom. The second-order valence-electron chi connectivity index (χ2n) is 3.95. The topological polar surface area (TPSA) is 29.5 Å². The van der Waals surface area contributed by atoms with Crippen molar-refractivity contribution in [1.29, 1.82) is 0 Å². The van der Waals surface area contributed by atoms with E-state index in [0.717, 1.165) is 18.7 Å². The molecule has 86 valence electrons. The summed E-state index contributed by atoms with van der Waals surface area (Å²) in [5.74, 6) is 0.721. The molecule has 16 heavy (non-hydrogen) atoms. The number of rotatable bonds is 1. The molecular formula is C12H14ClNO2. The van der Waals surface area contributed by atoms with Crippen molar-refractivity contribution in [2.75, 3.05) is 25.6 Å². The number of anilines is 1. The summed E-state index contributed by atoms with van der Waals surface area (Å²) >= 11 is 6.06. The Kier molecular flexibility index (Phi) is 3.06. The van der Waals surface area contributed by atoms with Crippen molar-refractivity contribution in [3.63, 3.8) is 0 Å². The summed E-state index contributed by atoms with van der Waals surface area (Å²) < 4.78 is 5.13. The Balaban J connectivity index is 2.58. The highest BCUT2D eigenvalue weighted by molar-refractivity contribution is 6.32. The van der Waals surface area contributed by atoms with Crippen LogP contribution in [0.25, 0.3) is 0 Å². The first-order valence-electron chi connectivity index (χ1n) is 5.25. The first-order valence-corrected chi connectivity index (χ1v) is 5.63.